The molecular formula is C15H34N2S. The zero-order valence-electron chi connectivity index (χ0n) is 13.4. The minimum atomic E-state index is 0.266. The Morgan fingerprint density at radius 3 is 2.33 bits per heavy atom. The van der Waals surface area contributed by atoms with Gasteiger partial charge in [0.1, 0.15) is 0 Å². The van der Waals surface area contributed by atoms with Crippen molar-refractivity contribution in [3.05, 3.63) is 0 Å². The summed E-state index contributed by atoms with van der Waals surface area (Å²) in [6.45, 7) is 11.4. The second-order valence-electron chi connectivity index (χ2n) is 6.24. The first-order chi connectivity index (χ1) is 8.40. The fourth-order valence-corrected chi connectivity index (χ4v) is 2.93. The van der Waals surface area contributed by atoms with Gasteiger partial charge in [-0.25, -0.2) is 0 Å². The monoisotopic (exact) mass is 274 g/mol. The smallest absolute Gasteiger partial charge is 0.0180 e. The summed E-state index contributed by atoms with van der Waals surface area (Å²) in [6.07, 6.45) is 7.43. The van der Waals surface area contributed by atoms with Gasteiger partial charge in [-0.1, -0.05) is 13.3 Å². The van der Waals surface area contributed by atoms with E-state index < -0.39 is 0 Å². The number of hydrogen-bond acceptors (Lipinski definition) is 3. The van der Waals surface area contributed by atoms with E-state index in [1.165, 1.54) is 38.0 Å². The Kier molecular flexibility index (Phi) is 10.3. The molecule has 0 aliphatic rings. The fourth-order valence-electron chi connectivity index (χ4n) is 2.06. The highest BCUT2D eigenvalue weighted by atomic mass is 32.2. The molecule has 0 aromatic rings. The molecule has 1 atom stereocenters. The minimum absolute atomic E-state index is 0.266. The number of thioether (sulfide) groups is 1. The fraction of sp³-hybridized carbons (Fsp3) is 1.00. The van der Waals surface area contributed by atoms with Crippen LogP contribution in [0.2, 0.25) is 0 Å². The Bertz CT molecular complexity index is 189. The van der Waals surface area contributed by atoms with Crippen LogP contribution in [0.3, 0.4) is 0 Å². The van der Waals surface area contributed by atoms with Gasteiger partial charge in [0, 0.05) is 17.3 Å². The summed E-state index contributed by atoms with van der Waals surface area (Å²) in [5.41, 5.74) is 0.266. The summed E-state index contributed by atoms with van der Waals surface area (Å²) in [6, 6.07) is 0.757. The first-order valence-electron chi connectivity index (χ1n) is 7.35. The van der Waals surface area contributed by atoms with E-state index in [9.17, 15) is 0 Å². The Hall–Kier alpha value is 0.270. The molecule has 3 heteroatoms. The molecule has 110 valence electrons. The number of nitrogens with one attached hydrogen (secondary N) is 1. The van der Waals surface area contributed by atoms with Gasteiger partial charge in [-0.2, -0.15) is 11.8 Å². The quantitative estimate of drug-likeness (QED) is 0.613. The van der Waals surface area contributed by atoms with Crippen LogP contribution in [-0.2, 0) is 0 Å². The molecule has 0 fully saturated rings. The van der Waals surface area contributed by atoms with Crippen LogP contribution >= 0.6 is 11.8 Å². The molecule has 18 heavy (non-hydrogen) atoms. The average molecular weight is 275 g/mol. The molecule has 0 aromatic heterocycles. The van der Waals surface area contributed by atoms with Crippen molar-refractivity contribution in [3.8, 4) is 0 Å². The predicted octanol–water partition coefficient (Wildman–Crippen LogP) is 3.62. The summed E-state index contributed by atoms with van der Waals surface area (Å²) in [7, 11) is 2.28. The Morgan fingerprint density at radius 2 is 1.83 bits per heavy atom. The molecule has 0 saturated heterocycles. The van der Waals surface area contributed by atoms with Crippen molar-refractivity contribution in [2.45, 2.75) is 65.0 Å². The summed E-state index contributed by atoms with van der Waals surface area (Å²) in [5, 5.41) is 3.55. The number of hydrogen-bond donors (Lipinski definition) is 1. The van der Waals surface area contributed by atoms with Crippen molar-refractivity contribution >= 4 is 11.8 Å². The van der Waals surface area contributed by atoms with Crippen LogP contribution in [0.1, 0.15) is 53.4 Å². The molecular weight excluding hydrogens is 240 g/mol. The van der Waals surface area contributed by atoms with E-state index >= 15 is 0 Å². The minimum Gasteiger partial charge on any atom is -0.312 e. The Morgan fingerprint density at radius 1 is 1.17 bits per heavy atom. The molecule has 0 aliphatic heterocycles. The van der Waals surface area contributed by atoms with Crippen molar-refractivity contribution in [1.29, 1.82) is 0 Å². The molecule has 0 amide bonds. The maximum Gasteiger partial charge on any atom is 0.0180 e. The topological polar surface area (TPSA) is 15.3 Å². The molecule has 0 saturated carbocycles. The zero-order chi connectivity index (χ0) is 14.0. The summed E-state index contributed by atoms with van der Waals surface area (Å²) in [5.74, 6) is 1.26. The van der Waals surface area contributed by atoms with E-state index in [0.717, 1.165) is 12.6 Å². The molecule has 0 radical (unpaired) electrons. The van der Waals surface area contributed by atoms with Crippen LogP contribution in [0.4, 0.5) is 0 Å². The lowest BCUT2D eigenvalue weighted by Gasteiger charge is -2.26. The molecule has 0 bridgehead atoms. The van der Waals surface area contributed by atoms with Gasteiger partial charge in [0.05, 0.1) is 0 Å². The van der Waals surface area contributed by atoms with Gasteiger partial charge >= 0.3 is 0 Å². The van der Waals surface area contributed by atoms with Gasteiger partial charge in [0.15, 0.2) is 0 Å². The van der Waals surface area contributed by atoms with Crippen LogP contribution in [0.25, 0.3) is 0 Å². The van der Waals surface area contributed by atoms with E-state index in [0.29, 0.717) is 0 Å². The average Bonchev–Trinajstić information content (AvgIpc) is 2.28. The van der Waals surface area contributed by atoms with E-state index in [-0.39, 0.29) is 5.54 Å². The van der Waals surface area contributed by atoms with E-state index in [1.807, 2.05) is 11.8 Å². The van der Waals surface area contributed by atoms with Crippen LogP contribution in [0.5, 0.6) is 0 Å². The lowest BCUT2D eigenvalue weighted by molar-refractivity contribution is 0.250. The van der Waals surface area contributed by atoms with Crippen molar-refractivity contribution in [2.75, 3.05) is 32.1 Å². The summed E-state index contributed by atoms with van der Waals surface area (Å²) in [4.78, 5) is 2.54. The van der Waals surface area contributed by atoms with Gasteiger partial charge in [0.2, 0.25) is 0 Å². The van der Waals surface area contributed by atoms with E-state index in [2.05, 4.69) is 51.2 Å². The number of nitrogens with zero attached hydrogens (tertiary/aromatic N) is 1. The van der Waals surface area contributed by atoms with Gasteiger partial charge in [-0.3, -0.25) is 0 Å². The second-order valence-corrected chi connectivity index (χ2v) is 7.15. The zero-order valence-corrected chi connectivity index (χ0v) is 14.2. The van der Waals surface area contributed by atoms with Crippen molar-refractivity contribution in [1.82, 2.24) is 10.2 Å². The standard InChI is InChI=1S/C15H34N2S/c1-7-14(13-18-6)17(5)12-10-8-9-11-16-15(2,3)4/h14,16H,7-13H2,1-6H3. The van der Waals surface area contributed by atoms with Gasteiger partial charge < -0.3 is 10.2 Å². The first kappa shape index (κ1) is 18.3. The third kappa shape index (κ3) is 10.2. The summed E-state index contributed by atoms with van der Waals surface area (Å²) >= 11 is 1.96. The molecule has 0 rings (SSSR count). The second kappa shape index (κ2) is 10.1. The van der Waals surface area contributed by atoms with Crippen molar-refractivity contribution < 1.29 is 0 Å². The lowest BCUT2D eigenvalue weighted by Crippen LogP contribution is -2.36. The van der Waals surface area contributed by atoms with Crippen molar-refractivity contribution in [3.63, 3.8) is 0 Å². The first-order valence-corrected chi connectivity index (χ1v) is 8.74. The normalized spacial score (nSPS) is 14.2. The number of rotatable bonds is 10. The number of unbranched alkanes of at least 4 members (excludes halogenated alkanes) is 2. The molecule has 0 aromatic carbocycles. The third-order valence-electron chi connectivity index (χ3n) is 3.30. The maximum atomic E-state index is 3.55. The van der Waals surface area contributed by atoms with Crippen LogP contribution in [0, 0.1) is 0 Å². The van der Waals surface area contributed by atoms with Gasteiger partial charge in [-0.05, 0) is 66.4 Å². The summed E-state index contributed by atoms with van der Waals surface area (Å²) < 4.78 is 0. The highest BCUT2D eigenvalue weighted by molar-refractivity contribution is 7.98. The maximum absolute atomic E-state index is 3.55. The lowest BCUT2D eigenvalue weighted by atomic mass is 10.1. The molecule has 0 aliphatic carbocycles. The molecule has 0 spiro atoms. The third-order valence-corrected chi connectivity index (χ3v) is 4.01. The van der Waals surface area contributed by atoms with Crippen LogP contribution in [-0.4, -0.2) is 48.6 Å². The Labute approximate surface area is 119 Å². The van der Waals surface area contributed by atoms with Crippen LogP contribution < -0.4 is 5.32 Å². The predicted molar refractivity (Wildman–Crippen MR) is 86.7 cm³/mol. The largest absolute Gasteiger partial charge is 0.312 e. The highest BCUT2D eigenvalue weighted by Gasteiger charge is 2.11. The van der Waals surface area contributed by atoms with Gasteiger partial charge in [-0.15, -0.1) is 0 Å². The van der Waals surface area contributed by atoms with Crippen LogP contribution in [0.15, 0.2) is 0 Å². The van der Waals surface area contributed by atoms with Crippen molar-refractivity contribution in [2.24, 2.45) is 0 Å². The van der Waals surface area contributed by atoms with E-state index in [4.69, 9.17) is 0 Å². The molecule has 2 nitrogen and oxygen atoms in total. The highest BCUT2D eigenvalue weighted by Crippen LogP contribution is 2.09. The van der Waals surface area contributed by atoms with E-state index in [1.54, 1.807) is 0 Å². The van der Waals surface area contributed by atoms with Gasteiger partial charge in [0.25, 0.3) is 0 Å². The molecule has 1 N–H and O–H groups in total. The molecule has 1 unspecified atom stereocenters. The Balaban J connectivity index is 3.53. The SMILES string of the molecule is CCC(CSC)N(C)CCCCCNC(C)(C)C. The molecule has 0 heterocycles.